The fourth-order valence-corrected chi connectivity index (χ4v) is 3.22. The molecular weight excluding hydrogens is 305 g/mol. The first-order valence-electron chi connectivity index (χ1n) is 5.47. The van der Waals surface area contributed by atoms with Crippen LogP contribution in [0.4, 0.5) is 5.69 Å². The Morgan fingerprint density at radius 3 is 2.42 bits per heavy atom. The number of carbonyl (C=O) groups is 1. The summed E-state index contributed by atoms with van der Waals surface area (Å²) in [6.45, 7) is 1.88. The number of hydrogen-bond acceptors (Lipinski definition) is 3. The Kier molecular flexibility index (Phi) is 4.34. The van der Waals surface area contributed by atoms with Crippen LogP contribution in [0.5, 0.6) is 0 Å². The van der Waals surface area contributed by atoms with Gasteiger partial charge in [0.05, 0.1) is 0 Å². The average Bonchev–Trinajstić information content (AvgIpc) is 2.70. The van der Waals surface area contributed by atoms with Crippen molar-refractivity contribution < 1.29 is 9.90 Å². The lowest BCUT2D eigenvalue weighted by molar-refractivity contribution is -0.138. The molecule has 1 unspecified atom stereocenters. The minimum atomic E-state index is -0.943. The van der Waals surface area contributed by atoms with Crippen LogP contribution in [0.2, 0.25) is 10.0 Å². The van der Waals surface area contributed by atoms with Gasteiger partial charge in [-0.1, -0.05) is 23.2 Å². The van der Waals surface area contributed by atoms with Crippen molar-refractivity contribution in [3.63, 3.8) is 0 Å². The molecule has 1 heterocycles. The fourth-order valence-electron chi connectivity index (χ4n) is 1.72. The van der Waals surface area contributed by atoms with Crippen molar-refractivity contribution in [1.82, 2.24) is 0 Å². The van der Waals surface area contributed by atoms with E-state index >= 15 is 0 Å². The highest BCUT2D eigenvalue weighted by molar-refractivity contribution is 7.10. The molecule has 0 amide bonds. The van der Waals surface area contributed by atoms with Crippen LogP contribution in [0, 0.1) is 6.92 Å². The van der Waals surface area contributed by atoms with Crippen LogP contribution < -0.4 is 5.32 Å². The highest BCUT2D eigenvalue weighted by Gasteiger charge is 2.22. The Balaban J connectivity index is 2.32. The number of carboxylic acid groups (broad SMARTS) is 1. The number of thiophene rings is 1. The van der Waals surface area contributed by atoms with E-state index in [1.54, 1.807) is 18.2 Å². The first kappa shape index (κ1) is 14.2. The molecule has 1 atom stereocenters. The molecule has 0 radical (unpaired) electrons. The van der Waals surface area contributed by atoms with Crippen molar-refractivity contribution in [1.29, 1.82) is 0 Å². The number of nitrogens with one attached hydrogen (secondary N) is 1. The molecule has 0 saturated heterocycles. The van der Waals surface area contributed by atoms with E-state index in [0.29, 0.717) is 15.7 Å². The van der Waals surface area contributed by atoms with E-state index in [9.17, 15) is 9.90 Å². The quantitative estimate of drug-likeness (QED) is 0.866. The van der Waals surface area contributed by atoms with E-state index in [4.69, 9.17) is 23.2 Å². The van der Waals surface area contributed by atoms with Gasteiger partial charge in [0.15, 0.2) is 6.04 Å². The van der Waals surface area contributed by atoms with Crippen molar-refractivity contribution in [3.8, 4) is 0 Å². The van der Waals surface area contributed by atoms with Crippen molar-refractivity contribution in [2.24, 2.45) is 0 Å². The molecule has 0 spiro atoms. The molecule has 6 heteroatoms. The smallest absolute Gasteiger partial charge is 0.331 e. The zero-order valence-corrected chi connectivity index (χ0v) is 12.3. The minimum Gasteiger partial charge on any atom is -0.479 e. The summed E-state index contributed by atoms with van der Waals surface area (Å²) in [5, 5.41) is 15.1. The average molecular weight is 316 g/mol. The lowest BCUT2D eigenvalue weighted by atomic mass is 10.1. The molecule has 0 bridgehead atoms. The Morgan fingerprint density at radius 2 is 1.95 bits per heavy atom. The van der Waals surface area contributed by atoms with Crippen LogP contribution in [-0.2, 0) is 4.79 Å². The zero-order chi connectivity index (χ0) is 14.0. The highest BCUT2D eigenvalue weighted by Crippen LogP contribution is 2.30. The molecule has 1 aromatic carbocycles. The number of halogens is 2. The van der Waals surface area contributed by atoms with E-state index in [1.807, 2.05) is 18.4 Å². The maximum Gasteiger partial charge on any atom is 0.331 e. The third kappa shape index (κ3) is 3.41. The van der Waals surface area contributed by atoms with Gasteiger partial charge in [-0.25, -0.2) is 4.79 Å². The normalized spacial score (nSPS) is 12.2. The molecule has 0 aliphatic rings. The van der Waals surface area contributed by atoms with Crippen molar-refractivity contribution >= 4 is 46.2 Å². The standard InChI is InChI=1S/C13H11Cl2NO2S/c1-7-2-3-19-12(7)11(13(17)18)16-10-5-8(14)4-9(15)6-10/h2-6,11,16H,1H3,(H,17,18). The van der Waals surface area contributed by atoms with Gasteiger partial charge in [-0.3, -0.25) is 0 Å². The Bertz CT molecular complexity index is 592. The predicted octanol–water partition coefficient (Wildman–Crippen LogP) is 4.60. The SMILES string of the molecule is Cc1ccsc1C(Nc1cc(Cl)cc(Cl)c1)C(=O)O. The lowest BCUT2D eigenvalue weighted by Gasteiger charge is -2.16. The summed E-state index contributed by atoms with van der Waals surface area (Å²) < 4.78 is 0. The molecule has 0 fully saturated rings. The number of aryl methyl sites for hydroxylation is 1. The summed E-state index contributed by atoms with van der Waals surface area (Å²) in [5.41, 5.74) is 1.52. The fraction of sp³-hybridized carbons (Fsp3) is 0.154. The van der Waals surface area contributed by atoms with Crippen LogP contribution in [0.1, 0.15) is 16.5 Å². The molecule has 2 rings (SSSR count). The van der Waals surface area contributed by atoms with Crippen LogP contribution in [0.25, 0.3) is 0 Å². The molecule has 1 aromatic heterocycles. The number of rotatable bonds is 4. The Labute approximate surface area is 124 Å². The van der Waals surface area contributed by atoms with Gasteiger partial charge in [0.2, 0.25) is 0 Å². The van der Waals surface area contributed by atoms with Crippen LogP contribution >= 0.6 is 34.5 Å². The molecule has 0 saturated carbocycles. The number of carboxylic acids is 1. The van der Waals surface area contributed by atoms with Gasteiger partial charge in [-0.2, -0.15) is 0 Å². The first-order chi connectivity index (χ1) is 8.97. The predicted molar refractivity (Wildman–Crippen MR) is 79.5 cm³/mol. The third-order valence-electron chi connectivity index (χ3n) is 2.58. The molecule has 0 aliphatic carbocycles. The molecular formula is C13H11Cl2NO2S. The molecule has 3 nitrogen and oxygen atoms in total. The maximum atomic E-state index is 11.4. The Hall–Kier alpha value is -1.23. The molecule has 2 aromatic rings. The van der Waals surface area contributed by atoms with Crippen molar-refractivity contribution in [3.05, 3.63) is 50.1 Å². The second kappa shape index (κ2) is 5.82. The summed E-state index contributed by atoms with van der Waals surface area (Å²) in [6, 6.07) is 5.97. The largest absolute Gasteiger partial charge is 0.479 e. The van der Waals surface area contributed by atoms with Crippen LogP contribution in [0.3, 0.4) is 0 Å². The third-order valence-corrected chi connectivity index (χ3v) is 4.10. The van der Waals surface area contributed by atoms with E-state index in [0.717, 1.165) is 10.4 Å². The summed E-state index contributed by atoms with van der Waals surface area (Å²) in [7, 11) is 0. The Morgan fingerprint density at radius 1 is 1.32 bits per heavy atom. The molecule has 100 valence electrons. The minimum absolute atomic E-state index is 0.460. The van der Waals surface area contributed by atoms with Crippen molar-refractivity contribution in [2.75, 3.05) is 5.32 Å². The van der Waals surface area contributed by atoms with Gasteiger partial charge < -0.3 is 10.4 Å². The number of benzene rings is 1. The number of anilines is 1. The number of aliphatic carboxylic acids is 1. The molecule has 0 aliphatic heterocycles. The van der Waals surface area contributed by atoms with E-state index in [-0.39, 0.29) is 0 Å². The summed E-state index contributed by atoms with van der Waals surface area (Å²) >= 11 is 13.2. The highest BCUT2D eigenvalue weighted by atomic mass is 35.5. The lowest BCUT2D eigenvalue weighted by Crippen LogP contribution is -2.20. The van der Waals surface area contributed by atoms with Gasteiger partial charge >= 0.3 is 5.97 Å². The van der Waals surface area contributed by atoms with E-state index in [2.05, 4.69) is 5.32 Å². The second-order valence-electron chi connectivity index (χ2n) is 4.04. The molecule has 19 heavy (non-hydrogen) atoms. The van der Waals surface area contributed by atoms with Gasteiger partial charge in [0.1, 0.15) is 0 Å². The van der Waals surface area contributed by atoms with Crippen LogP contribution in [0.15, 0.2) is 29.6 Å². The maximum absolute atomic E-state index is 11.4. The van der Waals surface area contributed by atoms with Crippen molar-refractivity contribution in [2.45, 2.75) is 13.0 Å². The summed E-state index contributed by atoms with van der Waals surface area (Å²) in [6.07, 6.45) is 0. The monoisotopic (exact) mass is 315 g/mol. The van der Waals surface area contributed by atoms with Gasteiger partial charge in [0, 0.05) is 20.6 Å². The van der Waals surface area contributed by atoms with Gasteiger partial charge in [-0.05, 0) is 42.1 Å². The second-order valence-corrected chi connectivity index (χ2v) is 5.86. The topological polar surface area (TPSA) is 49.3 Å². The summed E-state index contributed by atoms with van der Waals surface area (Å²) in [4.78, 5) is 12.2. The van der Waals surface area contributed by atoms with Gasteiger partial charge in [-0.15, -0.1) is 11.3 Å². The first-order valence-corrected chi connectivity index (χ1v) is 7.10. The zero-order valence-electron chi connectivity index (χ0n) is 9.98. The summed E-state index contributed by atoms with van der Waals surface area (Å²) in [5.74, 6) is -0.943. The number of hydrogen-bond donors (Lipinski definition) is 2. The van der Waals surface area contributed by atoms with E-state index in [1.165, 1.54) is 11.3 Å². The van der Waals surface area contributed by atoms with E-state index < -0.39 is 12.0 Å². The molecule has 2 N–H and O–H groups in total. The van der Waals surface area contributed by atoms with Gasteiger partial charge in [0.25, 0.3) is 0 Å². The van der Waals surface area contributed by atoms with Crippen LogP contribution in [-0.4, -0.2) is 11.1 Å².